The second-order valence-corrected chi connectivity index (χ2v) is 10.4. The van der Waals surface area contributed by atoms with Gasteiger partial charge in [-0.2, -0.15) is 13.2 Å². The Bertz CT molecular complexity index is 1160. The number of fused-ring (bicyclic) bond motifs is 1. The highest BCUT2D eigenvalue weighted by molar-refractivity contribution is 5.88. The number of urea groups is 1. The summed E-state index contributed by atoms with van der Waals surface area (Å²) in [6.45, 7) is -0.470. The molecular weight excluding hydrogens is 468 g/mol. The number of amides is 3. The summed E-state index contributed by atoms with van der Waals surface area (Å²) in [7, 11) is 0. The smallest absolute Gasteiger partial charge is 0.410 e. The molecule has 188 valence electrons. The van der Waals surface area contributed by atoms with E-state index in [1.807, 2.05) is 5.32 Å². The van der Waals surface area contributed by atoms with Gasteiger partial charge < -0.3 is 20.0 Å². The Hall–Kier alpha value is -2.85. The molecule has 2 atom stereocenters. The molecular formula is C24H26F4N4O3. The third kappa shape index (κ3) is 4.45. The van der Waals surface area contributed by atoms with E-state index in [9.17, 15) is 27.2 Å². The van der Waals surface area contributed by atoms with Crippen LogP contribution in [0, 0.1) is 17.8 Å². The highest BCUT2D eigenvalue weighted by Gasteiger charge is 2.54. The molecule has 1 saturated heterocycles. The number of nitrogens with one attached hydrogen (secondary N) is 2. The fraction of sp³-hybridized carbons (Fsp3) is 0.625. The van der Waals surface area contributed by atoms with E-state index in [2.05, 4.69) is 10.3 Å². The molecule has 3 amide bonds. The molecule has 6 rings (SSSR count). The lowest BCUT2D eigenvalue weighted by Crippen LogP contribution is -2.40. The van der Waals surface area contributed by atoms with Crippen LogP contribution in [0.2, 0.25) is 0 Å². The van der Waals surface area contributed by atoms with Gasteiger partial charge in [-0.15, -0.1) is 0 Å². The van der Waals surface area contributed by atoms with E-state index in [1.54, 1.807) is 18.2 Å². The lowest BCUT2D eigenvalue weighted by atomic mass is 9.89. The molecule has 4 aliphatic rings. The third-order valence-corrected chi connectivity index (χ3v) is 7.59. The number of carbonyl (C=O) groups is 2. The van der Waals surface area contributed by atoms with Gasteiger partial charge in [-0.1, -0.05) is 6.07 Å². The number of halogens is 4. The van der Waals surface area contributed by atoms with E-state index >= 15 is 0 Å². The summed E-state index contributed by atoms with van der Waals surface area (Å²) in [6.07, 6.45) is 0.196. The Balaban J connectivity index is 1.25. The number of alkyl halides is 4. The fourth-order valence-electron chi connectivity index (χ4n) is 5.18. The molecule has 35 heavy (non-hydrogen) atoms. The molecule has 1 aromatic carbocycles. The maximum atomic E-state index is 14.5. The molecule has 4 fully saturated rings. The van der Waals surface area contributed by atoms with Gasteiger partial charge in [-0.05, 0) is 74.0 Å². The van der Waals surface area contributed by atoms with Crippen molar-refractivity contribution in [2.24, 2.45) is 17.8 Å². The number of benzene rings is 1. The molecule has 2 aromatic rings. The van der Waals surface area contributed by atoms with E-state index in [-0.39, 0.29) is 25.3 Å². The van der Waals surface area contributed by atoms with Crippen LogP contribution >= 0.6 is 0 Å². The van der Waals surface area contributed by atoms with Crippen molar-refractivity contribution in [3.8, 4) is 0 Å². The zero-order valence-corrected chi connectivity index (χ0v) is 18.9. The number of aromatic nitrogens is 1. The fourth-order valence-corrected chi connectivity index (χ4v) is 5.18. The molecule has 0 spiro atoms. The SMILES string of the molecule is O=C1N[C@H](C(F)(F)F)CN1Cc1ccc2oc([C@@H](NC(=O)C3(F)CC3)C(C3CC3)C3CC3)nc2c1. The zero-order chi connectivity index (χ0) is 24.5. The molecule has 1 aromatic heterocycles. The minimum atomic E-state index is -4.51. The molecule has 2 heterocycles. The van der Waals surface area contributed by atoms with E-state index < -0.39 is 42.4 Å². The van der Waals surface area contributed by atoms with Crippen LogP contribution in [0.15, 0.2) is 22.6 Å². The maximum Gasteiger partial charge on any atom is 0.410 e. The molecule has 2 N–H and O–H groups in total. The average molecular weight is 494 g/mol. The number of hydrogen-bond acceptors (Lipinski definition) is 4. The first-order chi connectivity index (χ1) is 16.6. The number of rotatable bonds is 8. The summed E-state index contributed by atoms with van der Waals surface area (Å²) >= 11 is 0. The molecule has 3 saturated carbocycles. The normalized spacial score (nSPS) is 24.7. The molecule has 0 unspecified atom stereocenters. The summed E-state index contributed by atoms with van der Waals surface area (Å²) in [5.74, 6) is 0.749. The van der Waals surface area contributed by atoms with E-state index in [1.165, 1.54) is 0 Å². The van der Waals surface area contributed by atoms with Crippen molar-refractivity contribution in [3.05, 3.63) is 29.7 Å². The maximum absolute atomic E-state index is 14.5. The Morgan fingerprint density at radius 1 is 1.23 bits per heavy atom. The van der Waals surface area contributed by atoms with Gasteiger partial charge in [0, 0.05) is 6.54 Å². The van der Waals surface area contributed by atoms with Gasteiger partial charge >= 0.3 is 12.2 Å². The number of carbonyl (C=O) groups excluding carboxylic acids is 2. The second-order valence-electron chi connectivity index (χ2n) is 10.4. The summed E-state index contributed by atoms with van der Waals surface area (Å²) < 4.78 is 59.4. The van der Waals surface area contributed by atoms with E-state index in [0.717, 1.165) is 30.6 Å². The third-order valence-electron chi connectivity index (χ3n) is 7.59. The lowest BCUT2D eigenvalue weighted by Gasteiger charge is -2.26. The van der Waals surface area contributed by atoms with Crippen LogP contribution in [0.1, 0.15) is 56.0 Å². The van der Waals surface area contributed by atoms with Crippen LogP contribution in [0.4, 0.5) is 22.4 Å². The summed E-state index contributed by atoms with van der Waals surface area (Å²) in [5, 5.41) is 4.86. The first kappa shape index (κ1) is 22.6. The van der Waals surface area contributed by atoms with E-state index in [4.69, 9.17) is 4.42 Å². The quantitative estimate of drug-likeness (QED) is 0.534. The minimum absolute atomic E-state index is 0.00610. The van der Waals surface area contributed by atoms with Crippen molar-refractivity contribution in [1.29, 1.82) is 0 Å². The van der Waals surface area contributed by atoms with Crippen molar-refractivity contribution in [2.75, 3.05) is 6.54 Å². The zero-order valence-electron chi connectivity index (χ0n) is 18.9. The highest BCUT2D eigenvalue weighted by atomic mass is 19.4. The highest BCUT2D eigenvalue weighted by Crippen LogP contribution is 2.54. The van der Waals surface area contributed by atoms with Gasteiger partial charge in [-0.25, -0.2) is 14.2 Å². The van der Waals surface area contributed by atoms with Crippen LogP contribution in [0.3, 0.4) is 0 Å². The van der Waals surface area contributed by atoms with E-state index in [0.29, 0.717) is 34.4 Å². The monoisotopic (exact) mass is 494 g/mol. The minimum Gasteiger partial charge on any atom is -0.438 e. The first-order valence-corrected chi connectivity index (χ1v) is 12.1. The van der Waals surface area contributed by atoms with Gasteiger partial charge in [-0.3, -0.25) is 4.79 Å². The van der Waals surface area contributed by atoms with Gasteiger partial charge in [0.1, 0.15) is 17.6 Å². The van der Waals surface area contributed by atoms with Crippen LogP contribution in [0.5, 0.6) is 0 Å². The summed E-state index contributed by atoms with van der Waals surface area (Å²) in [4.78, 5) is 30.3. The van der Waals surface area contributed by atoms with Gasteiger partial charge in [0.25, 0.3) is 5.91 Å². The second kappa shape index (κ2) is 7.83. The molecule has 1 aliphatic heterocycles. The molecule has 0 radical (unpaired) electrons. The largest absolute Gasteiger partial charge is 0.438 e. The molecule has 3 aliphatic carbocycles. The van der Waals surface area contributed by atoms with Gasteiger partial charge in [0.05, 0.1) is 6.54 Å². The van der Waals surface area contributed by atoms with Crippen molar-refractivity contribution in [3.63, 3.8) is 0 Å². The summed E-state index contributed by atoms with van der Waals surface area (Å²) in [5.41, 5.74) is -0.249. The van der Waals surface area contributed by atoms with Crippen molar-refractivity contribution in [1.82, 2.24) is 20.5 Å². The Morgan fingerprint density at radius 3 is 2.49 bits per heavy atom. The van der Waals surface area contributed by atoms with Crippen LogP contribution in [0.25, 0.3) is 11.1 Å². The predicted molar refractivity (Wildman–Crippen MR) is 116 cm³/mol. The number of hydrogen-bond donors (Lipinski definition) is 2. The van der Waals surface area contributed by atoms with Gasteiger partial charge in [0.2, 0.25) is 5.89 Å². The van der Waals surface area contributed by atoms with Crippen molar-refractivity contribution < 1.29 is 31.6 Å². The lowest BCUT2D eigenvalue weighted by molar-refractivity contribution is -0.149. The standard InChI is InChI=1S/C24H26F4N4O3/c25-23(7-8-23)21(33)31-19(18(13-2-3-13)14-4-5-14)20-29-15-9-12(1-6-16(15)35-20)10-32-11-17(24(26,27)28)30-22(32)34/h1,6,9,13-14,17-19H,2-5,7-8,10-11H2,(H,30,34)(H,31,33)/t17-,19-/m0/s1. The van der Waals surface area contributed by atoms with Crippen LogP contribution in [-0.4, -0.2) is 46.3 Å². The summed E-state index contributed by atoms with van der Waals surface area (Å²) in [6, 6.07) is 1.83. The number of nitrogens with zero attached hydrogens (tertiary/aromatic N) is 2. The number of oxazole rings is 1. The Morgan fingerprint density at radius 2 is 1.91 bits per heavy atom. The van der Waals surface area contributed by atoms with Crippen molar-refractivity contribution in [2.45, 2.75) is 69.0 Å². The average Bonchev–Trinajstić information content (AvgIpc) is 3.71. The Kier molecular flexibility index (Phi) is 5.05. The first-order valence-electron chi connectivity index (χ1n) is 12.1. The molecule has 11 heteroatoms. The van der Waals surface area contributed by atoms with Crippen LogP contribution in [-0.2, 0) is 11.3 Å². The molecule has 0 bridgehead atoms. The molecule has 7 nitrogen and oxygen atoms in total. The van der Waals surface area contributed by atoms with Crippen molar-refractivity contribution >= 4 is 23.0 Å². The predicted octanol–water partition coefficient (Wildman–Crippen LogP) is 4.38. The van der Waals surface area contributed by atoms with Crippen LogP contribution < -0.4 is 10.6 Å². The van der Waals surface area contributed by atoms with Gasteiger partial charge in [0.15, 0.2) is 11.3 Å². The Labute approximate surface area is 198 Å². The topological polar surface area (TPSA) is 87.5 Å².